The quantitative estimate of drug-likeness (QED) is 0.437. The van der Waals surface area contributed by atoms with E-state index in [1.165, 1.54) is 24.3 Å². The van der Waals surface area contributed by atoms with Crippen LogP contribution in [0.25, 0.3) is 0 Å². The monoisotopic (exact) mass is 436 g/mol. The first kappa shape index (κ1) is 22.0. The molecule has 0 aliphatic carbocycles. The summed E-state index contributed by atoms with van der Waals surface area (Å²) in [5, 5.41) is 3.97. The number of hydrazone groups is 1. The van der Waals surface area contributed by atoms with E-state index in [1.807, 2.05) is 50.2 Å². The van der Waals surface area contributed by atoms with Gasteiger partial charge >= 0.3 is 0 Å². The number of hydrogen-bond donors (Lipinski definition) is 2. The number of aryl methyl sites for hydroxylation is 1. The maximum absolute atomic E-state index is 12.5. The number of sulfonamides is 1. The fourth-order valence-electron chi connectivity index (χ4n) is 2.71. The van der Waals surface area contributed by atoms with Gasteiger partial charge in [0.15, 0.2) is 0 Å². The zero-order valence-corrected chi connectivity index (χ0v) is 18.3. The lowest BCUT2D eigenvalue weighted by Crippen LogP contribution is -2.18. The molecule has 0 spiro atoms. The molecule has 3 rings (SSSR count). The lowest BCUT2D eigenvalue weighted by Gasteiger charge is -2.11. The van der Waals surface area contributed by atoms with E-state index in [4.69, 9.17) is 0 Å². The molecule has 0 saturated heterocycles. The van der Waals surface area contributed by atoms with Crippen molar-refractivity contribution in [3.05, 3.63) is 89.5 Å². The third kappa shape index (κ3) is 5.93. The SMILES string of the molecule is Cc1ccc(S(=O)(=O)Nc2ccc(C(=O)N/N=C/c3ccc(N(C)C)cc3)cc2)cc1. The number of nitrogens with one attached hydrogen (secondary N) is 2. The Kier molecular flexibility index (Phi) is 6.71. The van der Waals surface area contributed by atoms with E-state index in [1.54, 1.807) is 30.5 Å². The number of hydrogen-bond acceptors (Lipinski definition) is 5. The van der Waals surface area contributed by atoms with E-state index < -0.39 is 15.9 Å². The number of anilines is 2. The number of rotatable bonds is 7. The Hall–Kier alpha value is -3.65. The van der Waals surface area contributed by atoms with Crippen LogP contribution in [0.2, 0.25) is 0 Å². The number of benzene rings is 3. The number of nitrogens with zero attached hydrogens (tertiary/aromatic N) is 2. The Bertz CT molecular complexity index is 1170. The summed E-state index contributed by atoms with van der Waals surface area (Å²) in [6, 6.07) is 20.4. The van der Waals surface area contributed by atoms with Crippen molar-refractivity contribution in [1.82, 2.24) is 5.43 Å². The molecule has 0 unspecified atom stereocenters. The zero-order chi connectivity index (χ0) is 22.4. The smallest absolute Gasteiger partial charge is 0.271 e. The fraction of sp³-hybridized carbons (Fsp3) is 0.130. The second kappa shape index (κ2) is 9.44. The molecule has 2 N–H and O–H groups in total. The van der Waals surface area contributed by atoms with Crippen molar-refractivity contribution in [1.29, 1.82) is 0 Å². The third-order valence-corrected chi connectivity index (χ3v) is 5.92. The summed E-state index contributed by atoms with van der Waals surface area (Å²) in [6.07, 6.45) is 1.56. The Labute approximate surface area is 182 Å². The Morgan fingerprint density at radius 1 is 0.903 bits per heavy atom. The molecule has 7 nitrogen and oxygen atoms in total. The van der Waals surface area contributed by atoms with Gasteiger partial charge in [0.2, 0.25) is 0 Å². The number of amides is 1. The largest absolute Gasteiger partial charge is 0.378 e. The first-order valence-corrected chi connectivity index (χ1v) is 11.0. The van der Waals surface area contributed by atoms with E-state index >= 15 is 0 Å². The maximum Gasteiger partial charge on any atom is 0.271 e. The molecule has 3 aromatic rings. The van der Waals surface area contributed by atoms with Gasteiger partial charge < -0.3 is 4.90 Å². The van der Waals surface area contributed by atoms with E-state index in [9.17, 15) is 13.2 Å². The molecule has 160 valence electrons. The van der Waals surface area contributed by atoms with Crippen LogP contribution >= 0.6 is 0 Å². The lowest BCUT2D eigenvalue weighted by atomic mass is 10.2. The molecule has 0 aromatic heterocycles. The van der Waals surface area contributed by atoms with Crippen LogP contribution in [0.1, 0.15) is 21.5 Å². The molecule has 3 aromatic carbocycles. The van der Waals surface area contributed by atoms with Gasteiger partial charge in [-0.05, 0) is 61.0 Å². The lowest BCUT2D eigenvalue weighted by molar-refractivity contribution is 0.0955. The Balaban J connectivity index is 1.60. The van der Waals surface area contributed by atoms with Gasteiger partial charge in [-0.1, -0.05) is 29.8 Å². The van der Waals surface area contributed by atoms with Crippen molar-refractivity contribution in [2.45, 2.75) is 11.8 Å². The first-order valence-electron chi connectivity index (χ1n) is 9.55. The highest BCUT2D eigenvalue weighted by molar-refractivity contribution is 7.92. The van der Waals surface area contributed by atoms with Gasteiger partial charge in [-0.3, -0.25) is 9.52 Å². The minimum atomic E-state index is -3.69. The first-order chi connectivity index (χ1) is 14.7. The second-order valence-corrected chi connectivity index (χ2v) is 8.86. The van der Waals surface area contributed by atoms with Crippen molar-refractivity contribution < 1.29 is 13.2 Å². The van der Waals surface area contributed by atoms with Crippen molar-refractivity contribution in [2.24, 2.45) is 5.10 Å². The van der Waals surface area contributed by atoms with Gasteiger partial charge in [0.25, 0.3) is 15.9 Å². The summed E-state index contributed by atoms with van der Waals surface area (Å²) in [6.45, 7) is 1.89. The van der Waals surface area contributed by atoms with Crippen LogP contribution in [0.15, 0.2) is 82.8 Å². The summed E-state index contributed by atoms with van der Waals surface area (Å²) >= 11 is 0. The van der Waals surface area contributed by atoms with Crippen LogP contribution in [-0.4, -0.2) is 34.6 Å². The summed E-state index contributed by atoms with van der Waals surface area (Å²) in [7, 11) is 0.227. The predicted molar refractivity (Wildman–Crippen MR) is 124 cm³/mol. The summed E-state index contributed by atoms with van der Waals surface area (Å²) in [5.74, 6) is -0.394. The Morgan fingerprint density at radius 3 is 2.10 bits per heavy atom. The van der Waals surface area contributed by atoms with Gasteiger partial charge in [-0.15, -0.1) is 0 Å². The van der Waals surface area contributed by atoms with Crippen LogP contribution in [0, 0.1) is 6.92 Å². The summed E-state index contributed by atoms with van der Waals surface area (Å²) in [4.78, 5) is 14.4. The summed E-state index contributed by atoms with van der Waals surface area (Å²) in [5.41, 5.74) is 6.08. The van der Waals surface area contributed by atoms with Crippen LogP contribution < -0.4 is 15.0 Å². The maximum atomic E-state index is 12.5. The minimum Gasteiger partial charge on any atom is -0.378 e. The van der Waals surface area contributed by atoms with Gasteiger partial charge in [0, 0.05) is 31.0 Å². The average molecular weight is 437 g/mol. The molecule has 0 aliphatic heterocycles. The molecule has 0 bridgehead atoms. The molecule has 0 atom stereocenters. The molecular weight excluding hydrogens is 412 g/mol. The van der Waals surface area contributed by atoms with E-state index in [0.29, 0.717) is 11.3 Å². The standard InChI is InChI=1S/C23H24N4O3S/c1-17-4-14-22(15-5-17)31(29,30)26-20-10-8-19(9-11-20)23(28)25-24-16-18-6-12-21(13-7-18)27(2)3/h4-16,26H,1-3H3,(H,25,28)/b24-16+. The number of carbonyl (C=O) groups is 1. The van der Waals surface area contributed by atoms with E-state index in [0.717, 1.165) is 16.8 Å². The van der Waals surface area contributed by atoms with E-state index in [2.05, 4.69) is 15.2 Å². The van der Waals surface area contributed by atoms with Crippen LogP contribution in [0.4, 0.5) is 11.4 Å². The van der Waals surface area contributed by atoms with Crippen molar-refractivity contribution in [3.8, 4) is 0 Å². The van der Waals surface area contributed by atoms with Crippen molar-refractivity contribution in [2.75, 3.05) is 23.7 Å². The average Bonchev–Trinajstić information content (AvgIpc) is 2.74. The normalized spacial score (nSPS) is 11.3. The minimum absolute atomic E-state index is 0.174. The van der Waals surface area contributed by atoms with Crippen LogP contribution in [0.3, 0.4) is 0 Å². The van der Waals surface area contributed by atoms with Gasteiger partial charge in [0.1, 0.15) is 0 Å². The molecular formula is C23H24N4O3S. The molecule has 1 amide bonds. The Morgan fingerprint density at radius 2 is 1.52 bits per heavy atom. The number of carbonyl (C=O) groups excluding carboxylic acids is 1. The van der Waals surface area contributed by atoms with Gasteiger partial charge in [-0.25, -0.2) is 13.8 Å². The highest BCUT2D eigenvalue weighted by Gasteiger charge is 2.14. The van der Waals surface area contributed by atoms with Crippen LogP contribution in [-0.2, 0) is 10.0 Å². The van der Waals surface area contributed by atoms with Crippen molar-refractivity contribution >= 4 is 33.5 Å². The highest BCUT2D eigenvalue weighted by atomic mass is 32.2. The topological polar surface area (TPSA) is 90.9 Å². The van der Waals surface area contributed by atoms with E-state index in [-0.39, 0.29) is 4.90 Å². The zero-order valence-electron chi connectivity index (χ0n) is 17.5. The van der Waals surface area contributed by atoms with Crippen molar-refractivity contribution in [3.63, 3.8) is 0 Å². The highest BCUT2D eigenvalue weighted by Crippen LogP contribution is 2.17. The second-order valence-electron chi connectivity index (χ2n) is 7.18. The fourth-order valence-corrected chi connectivity index (χ4v) is 3.77. The molecule has 0 fully saturated rings. The molecule has 0 aliphatic rings. The van der Waals surface area contributed by atoms with Gasteiger partial charge in [-0.2, -0.15) is 5.10 Å². The molecule has 8 heteroatoms. The third-order valence-electron chi connectivity index (χ3n) is 4.52. The van der Waals surface area contributed by atoms with Gasteiger partial charge in [0.05, 0.1) is 11.1 Å². The molecule has 0 radical (unpaired) electrons. The summed E-state index contributed by atoms with van der Waals surface area (Å²) < 4.78 is 27.4. The molecule has 0 saturated carbocycles. The predicted octanol–water partition coefficient (Wildman–Crippen LogP) is 3.63. The molecule has 0 heterocycles. The van der Waals surface area contributed by atoms with Crippen LogP contribution in [0.5, 0.6) is 0 Å². The molecule has 31 heavy (non-hydrogen) atoms.